The minimum atomic E-state index is 0.0133. The quantitative estimate of drug-likeness (QED) is 0.590. The van der Waals surface area contributed by atoms with E-state index in [9.17, 15) is 4.79 Å². The van der Waals surface area contributed by atoms with Crippen LogP contribution in [0, 0.1) is 0 Å². The van der Waals surface area contributed by atoms with Crippen LogP contribution in [0.4, 0.5) is 5.69 Å². The first-order chi connectivity index (χ1) is 14.6. The molecule has 0 aliphatic carbocycles. The fourth-order valence-corrected chi connectivity index (χ4v) is 6.42. The zero-order chi connectivity index (χ0) is 20.8. The number of rotatable bonds is 3. The van der Waals surface area contributed by atoms with E-state index in [1.165, 1.54) is 16.4 Å². The van der Waals surface area contributed by atoms with Gasteiger partial charge in [0.15, 0.2) is 16.8 Å². The lowest BCUT2D eigenvalue weighted by atomic mass is 10.1. The highest BCUT2D eigenvalue weighted by Gasteiger charge is 2.28. The summed E-state index contributed by atoms with van der Waals surface area (Å²) in [5.74, 6) is 2.54. The van der Waals surface area contributed by atoms with Crippen LogP contribution in [-0.2, 0) is 6.54 Å². The van der Waals surface area contributed by atoms with E-state index in [1.807, 2.05) is 47.3 Å². The van der Waals surface area contributed by atoms with Gasteiger partial charge in [-0.25, -0.2) is 4.58 Å². The third-order valence-corrected chi connectivity index (χ3v) is 7.86. The van der Waals surface area contributed by atoms with Crippen LogP contribution < -0.4 is 24.4 Å². The Bertz CT molecular complexity index is 1370. The molecular formula is C23H24N3O2S2+. The second kappa shape index (κ2) is 7.63. The highest BCUT2D eigenvalue weighted by molar-refractivity contribution is 8.14. The number of hydrogen-bond donors (Lipinski definition) is 0. The molecule has 0 radical (unpaired) electrons. The summed E-state index contributed by atoms with van der Waals surface area (Å²) >= 11 is 3.38. The molecule has 3 aromatic rings. The monoisotopic (exact) mass is 438 g/mol. The van der Waals surface area contributed by atoms with E-state index in [1.54, 1.807) is 0 Å². The van der Waals surface area contributed by atoms with E-state index < -0.39 is 0 Å². The number of aromatic nitrogens is 1. The van der Waals surface area contributed by atoms with Gasteiger partial charge in [0.1, 0.15) is 11.2 Å². The van der Waals surface area contributed by atoms with Gasteiger partial charge < -0.3 is 9.64 Å². The van der Waals surface area contributed by atoms with Crippen LogP contribution in [0.1, 0.15) is 13.8 Å². The van der Waals surface area contributed by atoms with Gasteiger partial charge in [0, 0.05) is 19.0 Å². The molecule has 0 saturated heterocycles. The summed E-state index contributed by atoms with van der Waals surface area (Å²) in [7, 11) is 1.97. The van der Waals surface area contributed by atoms with Gasteiger partial charge >= 0.3 is 0 Å². The van der Waals surface area contributed by atoms with Crippen molar-refractivity contribution in [2.24, 2.45) is 0 Å². The number of thioether (sulfide) groups is 1. The number of fused-ring (bicyclic) bond motifs is 3. The summed E-state index contributed by atoms with van der Waals surface area (Å²) in [4.78, 5) is 15.3. The molecule has 2 aliphatic rings. The van der Waals surface area contributed by atoms with Crippen LogP contribution in [0.25, 0.3) is 22.7 Å². The lowest BCUT2D eigenvalue weighted by Gasteiger charge is -2.09. The van der Waals surface area contributed by atoms with Crippen LogP contribution >= 0.6 is 23.1 Å². The molecule has 2 aliphatic heterocycles. The lowest BCUT2D eigenvalue weighted by molar-refractivity contribution is -0.512. The molecule has 154 valence electrons. The number of anilines is 1. The average Bonchev–Trinajstić information content (AvgIpc) is 3.44. The number of benzene rings is 2. The maximum atomic E-state index is 13.3. The van der Waals surface area contributed by atoms with Crippen molar-refractivity contribution in [1.82, 2.24) is 4.57 Å². The average molecular weight is 439 g/mol. The number of thiazole rings is 1. The largest absolute Gasteiger partial charge is 0.436 e. The minimum absolute atomic E-state index is 0.0133. The summed E-state index contributed by atoms with van der Waals surface area (Å²) in [5.41, 5.74) is 1.00. The number of hydrogen-bond acceptors (Lipinski definition) is 5. The molecule has 0 amide bonds. The summed E-state index contributed by atoms with van der Waals surface area (Å²) in [6.07, 6.45) is 2.16. The van der Waals surface area contributed by atoms with E-state index in [0.717, 1.165) is 45.7 Å². The molecular weight excluding hydrogens is 414 g/mol. The molecule has 2 aromatic carbocycles. The molecule has 0 atom stereocenters. The Morgan fingerprint density at radius 1 is 1.20 bits per heavy atom. The smallest absolute Gasteiger partial charge is 0.274 e. The topological polar surface area (TPSA) is 37.5 Å². The van der Waals surface area contributed by atoms with Crippen LogP contribution in [-0.4, -0.2) is 40.1 Å². The second-order valence-electron chi connectivity index (χ2n) is 7.33. The predicted molar refractivity (Wildman–Crippen MR) is 127 cm³/mol. The maximum absolute atomic E-state index is 13.3. The molecule has 3 heterocycles. The fraction of sp³-hybridized carbons (Fsp3) is 0.304. The zero-order valence-corrected chi connectivity index (χ0v) is 19.0. The molecule has 0 N–H and O–H groups in total. The van der Waals surface area contributed by atoms with Crippen molar-refractivity contribution in [3.63, 3.8) is 0 Å². The van der Waals surface area contributed by atoms with Crippen molar-refractivity contribution in [3.05, 3.63) is 55.9 Å². The number of ether oxygens (including phenoxy) is 1. The van der Waals surface area contributed by atoms with E-state index in [4.69, 9.17) is 4.74 Å². The van der Waals surface area contributed by atoms with E-state index in [-0.39, 0.29) is 5.56 Å². The Hall–Kier alpha value is -2.51. The standard InChI is InChI=1S/C23H24N3O2S2/c1-4-25-12-13-29-18(25)14-19-26(5-2)22(27)21(30-19)23-24(3)17-11-10-15-8-6-7-9-16(15)20(17)28-23/h6-11,14H,4-5,12-13H2,1-3H3/q+1. The number of nitrogens with zero attached hydrogens (tertiary/aromatic N) is 3. The minimum Gasteiger partial charge on any atom is -0.436 e. The Balaban J connectivity index is 1.72. The Morgan fingerprint density at radius 2 is 2.03 bits per heavy atom. The molecule has 0 fully saturated rings. The molecule has 5 nitrogen and oxygen atoms in total. The van der Waals surface area contributed by atoms with Gasteiger partial charge in [0.25, 0.3) is 5.56 Å². The van der Waals surface area contributed by atoms with Gasteiger partial charge in [0.2, 0.25) is 10.9 Å². The van der Waals surface area contributed by atoms with Gasteiger partial charge in [-0.1, -0.05) is 42.1 Å². The summed E-state index contributed by atoms with van der Waals surface area (Å²) in [6.45, 7) is 6.88. The van der Waals surface area contributed by atoms with Gasteiger partial charge in [0.05, 0.1) is 17.5 Å². The van der Waals surface area contributed by atoms with E-state index in [0.29, 0.717) is 17.0 Å². The zero-order valence-electron chi connectivity index (χ0n) is 17.3. The summed E-state index contributed by atoms with van der Waals surface area (Å²) in [5, 5.41) is 3.44. The maximum Gasteiger partial charge on any atom is 0.274 e. The first kappa shape index (κ1) is 19.5. The summed E-state index contributed by atoms with van der Waals surface area (Å²) in [6, 6.07) is 12.3. The first-order valence-electron chi connectivity index (χ1n) is 10.3. The third kappa shape index (κ3) is 2.99. The van der Waals surface area contributed by atoms with Gasteiger partial charge in [-0.2, -0.15) is 0 Å². The molecule has 0 spiro atoms. The summed E-state index contributed by atoms with van der Waals surface area (Å²) < 4.78 is 12.2. The van der Waals surface area contributed by atoms with Gasteiger partial charge in [-0.3, -0.25) is 9.36 Å². The van der Waals surface area contributed by atoms with Crippen LogP contribution in [0.3, 0.4) is 0 Å². The third-order valence-electron chi connectivity index (χ3n) is 5.70. The van der Waals surface area contributed by atoms with Crippen LogP contribution in [0.15, 0.2) is 41.2 Å². The highest BCUT2D eigenvalue weighted by atomic mass is 32.2. The predicted octanol–water partition coefficient (Wildman–Crippen LogP) is 2.64. The van der Waals surface area contributed by atoms with Crippen molar-refractivity contribution in [2.75, 3.05) is 30.8 Å². The molecule has 1 aromatic heterocycles. The van der Waals surface area contributed by atoms with E-state index in [2.05, 4.69) is 41.8 Å². The molecule has 7 heteroatoms. The van der Waals surface area contributed by atoms with Crippen molar-refractivity contribution >= 4 is 56.6 Å². The molecule has 0 unspecified atom stereocenters. The van der Waals surface area contributed by atoms with E-state index >= 15 is 0 Å². The first-order valence-corrected chi connectivity index (χ1v) is 12.1. The SMILES string of the molecule is CCn1c(=CC2=[N+](CC)CCS2)sc(=C2Oc3c(ccc4ccccc34)N2C)c1=O. The van der Waals surface area contributed by atoms with Gasteiger partial charge in [-0.15, -0.1) is 11.3 Å². The molecule has 0 saturated carbocycles. The normalized spacial score (nSPS) is 18.5. The van der Waals surface area contributed by atoms with Crippen LogP contribution in [0.2, 0.25) is 0 Å². The van der Waals surface area contributed by atoms with Crippen molar-refractivity contribution < 1.29 is 9.31 Å². The van der Waals surface area contributed by atoms with Crippen molar-refractivity contribution in [3.8, 4) is 5.75 Å². The Morgan fingerprint density at radius 3 is 2.83 bits per heavy atom. The molecule has 30 heavy (non-hydrogen) atoms. The fourth-order valence-electron chi connectivity index (χ4n) is 4.06. The second-order valence-corrected chi connectivity index (χ2v) is 9.48. The van der Waals surface area contributed by atoms with Crippen molar-refractivity contribution in [1.29, 1.82) is 0 Å². The van der Waals surface area contributed by atoms with Gasteiger partial charge in [-0.05, 0) is 25.3 Å². The molecule has 5 rings (SSSR count). The van der Waals surface area contributed by atoms with Crippen LogP contribution in [0.5, 0.6) is 5.75 Å². The highest BCUT2D eigenvalue weighted by Crippen LogP contribution is 2.43. The van der Waals surface area contributed by atoms with Crippen molar-refractivity contribution in [2.45, 2.75) is 20.4 Å². The Kier molecular flexibility index (Phi) is 4.95. The lowest BCUT2D eigenvalue weighted by Crippen LogP contribution is -2.35. The Labute approximate surface area is 183 Å². The molecule has 0 bridgehead atoms.